The Hall–Kier alpha value is -4.02. The molecule has 2 fully saturated rings. The molecule has 2 saturated heterocycles. The monoisotopic (exact) mass is 580 g/mol. The average Bonchev–Trinajstić information content (AvgIpc) is 3.28. The van der Waals surface area contributed by atoms with E-state index in [0.717, 1.165) is 39.0 Å². The van der Waals surface area contributed by atoms with Gasteiger partial charge in [0.05, 0.1) is 11.5 Å². The minimum Gasteiger partial charge on any atom is -0.475 e. The molecule has 0 bridgehead atoms. The van der Waals surface area contributed by atoms with Crippen LogP contribution in [0.25, 0.3) is 0 Å². The van der Waals surface area contributed by atoms with Crippen LogP contribution in [0.5, 0.6) is 0 Å². The summed E-state index contributed by atoms with van der Waals surface area (Å²) in [5.41, 5.74) is 0.745. The van der Waals surface area contributed by atoms with Gasteiger partial charge in [0, 0.05) is 58.0 Å². The first-order valence-corrected chi connectivity index (χ1v) is 11.6. The highest BCUT2D eigenvalue weighted by molar-refractivity contribution is 5.85. The summed E-state index contributed by atoms with van der Waals surface area (Å²) in [6, 6.07) is 5.94. The fourth-order valence-corrected chi connectivity index (χ4v) is 4.49. The smallest absolute Gasteiger partial charge is 0.475 e. The van der Waals surface area contributed by atoms with E-state index < -0.39 is 29.7 Å². The molecule has 0 saturated carbocycles. The van der Waals surface area contributed by atoms with Crippen LogP contribution in [0.3, 0.4) is 0 Å². The fraction of sp³-hybridized carbons (Fsp3) is 0.478. The number of aromatic nitrogens is 3. The Balaban J connectivity index is 0.000000333. The Morgan fingerprint density at radius 2 is 1.60 bits per heavy atom. The molecule has 40 heavy (non-hydrogen) atoms. The Bertz CT molecular complexity index is 1110. The molecule has 0 aromatic carbocycles. The van der Waals surface area contributed by atoms with Gasteiger partial charge >= 0.3 is 24.3 Å². The molecule has 220 valence electrons. The van der Waals surface area contributed by atoms with Gasteiger partial charge in [0.25, 0.3) is 0 Å². The quantitative estimate of drug-likeness (QED) is 0.460. The Labute approximate surface area is 223 Å². The minimum absolute atomic E-state index is 0.0790. The van der Waals surface area contributed by atoms with Crippen molar-refractivity contribution in [3.05, 3.63) is 48.5 Å². The predicted molar refractivity (Wildman–Crippen MR) is 126 cm³/mol. The zero-order valence-corrected chi connectivity index (χ0v) is 21.0. The maximum Gasteiger partial charge on any atom is 0.490 e. The van der Waals surface area contributed by atoms with Gasteiger partial charge in [-0.05, 0) is 30.5 Å². The van der Waals surface area contributed by atoms with Crippen molar-refractivity contribution in [3.63, 3.8) is 0 Å². The molecule has 2 aromatic heterocycles. The lowest BCUT2D eigenvalue weighted by Gasteiger charge is -2.44. The third-order valence-corrected chi connectivity index (χ3v) is 6.08. The number of anilines is 1. The number of hydrogen-bond acceptors (Lipinski definition) is 8. The third-order valence-electron chi connectivity index (χ3n) is 6.08. The van der Waals surface area contributed by atoms with E-state index in [1.807, 2.05) is 18.3 Å². The second-order valence-corrected chi connectivity index (χ2v) is 8.73. The maximum absolute atomic E-state index is 12.9. The number of piperidine rings is 1. The number of nitrogens with zero attached hydrogens (tertiary/aromatic N) is 5. The van der Waals surface area contributed by atoms with Gasteiger partial charge in [-0.3, -0.25) is 14.7 Å². The van der Waals surface area contributed by atoms with E-state index >= 15 is 0 Å². The van der Waals surface area contributed by atoms with Crippen LogP contribution in [0.15, 0.2) is 43.0 Å². The molecule has 11 nitrogen and oxygen atoms in total. The first kappa shape index (κ1) is 32.2. The summed E-state index contributed by atoms with van der Waals surface area (Å²) in [4.78, 5) is 48.4. The molecule has 0 unspecified atom stereocenters. The number of halogens is 6. The normalized spacial score (nSPS) is 20.7. The highest BCUT2D eigenvalue weighted by Gasteiger charge is 2.56. The number of carboxylic acid groups (broad SMARTS) is 2. The molecule has 4 rings (SSSR count). The first-order chi connectivity index (χ1) is 18.6. The van der Waals surface area contributed by atoms with Crippen molar-refractivity contribution in [2.24, 2.45) is 5.41 Å². The van der Waals surface area contributed by atoms with Crippen LogP contribution >= 0.6 is 0 Å². The number of nitrogens with one attached hydrogen (secondary N) is 1. The highest BCUT2D eigenvalue weighted by atomic mass is 19.4. The van der Waals surface area contributed by atoms with E-state index in [4.69, 9.17) is 19.8 Å². The summed E-state index contributed by atoms with van der Waals surface area (Å²) in [7, 11) is 1.73. The molecule has 0 spiro atoms. The number of amides is 1. The molecule has 2 aliphatic rings. The van der Waals surface area contributed by atoms with Gasteiger partial charge in [-0.1, -0.05) is 6.07 Å². The molecule has 2 aromatic rings. The van der Waals surface area contributed by atoms with Crippen LogP contribution in [-0.2, 0) is 20.9 Å². The second-order valence-electron chi connectivity index (χ2n) is 8.73. The summed E-state index contributed by atoms with van der Waals surface area (Å²) >= 11 is 0. The highest BCUT2D eigenvalue weighted by Crippen LogP contribution is 2.43. The largest absolute Gasteiger partial charge is 0.490 e. The number of aliphatic carboxylic acids is 2. The van der Waals surface area contributed by atoms with Gasteiger partial charge in [0.1, 0.15) is 0 Å². The van der Waals surface area contributed by atoms with E-state index in [9.17, 15) is 31.1 Å². The molecule has 17 heteroatoms. The molecule has 4 heterocycles. The summed E-state index contributed by atoms with van der Waals surface area (Å²) in [6.07, 6.45) is -1.10. The molecule has 3 N–H and O–H groups in total. The van der Waals surface area contributed by atoms with Crippen molar-refractivity contribution in [2.75, 3.05) is 31.6 Å². The van der Waals surface area contributed by atoms with E-state index in [2.05, 4.69) is 36.1 Å². The number of hydrogen-bond donors (Lipinski definition) is 3. The number of carbonyl (C=O) groups excluding carboxylic acids is 1. The Morgan fingerprint density at radius 1 is 1.02 bits per heavy atom. The van der Waals surface area contributed by atoms with Crippen LogP contribution in [0.4, 0.5) is 32.3 Å². The molecule has 2 atom stereocenters. The van der Waals surface area contributed by atoms with Crippen molar-refractivity contribution >= 4 is 23.8 Å². The number of pyridine rings is 1. The van der Waals surface area contributed by atoms with E-state index in [1.165, 1.54) is 5.56 Å². The summed E-state index contributed by atoms with van der Waals surface area (Å²) in [6.45, 7) is 3.25. The Kier molecular flexibility index (Phi) is 10.8. The molecule has 0 radical (unpaired) electrons. The fourth-order valence-electron chi connectivity index (χ4n) is 4.49. The van der Waals surface area contributed by atoms with Gasteiger partial charge in [0.2, 0.25) is 11.9 Å². The zero-order chi connectivity index (χ0) is 30.1. The van der Waals surface area contributed by atoms with Crippen LogP contribution in [0, 0.1) is 5.41 Å². The molecular weight excluding hydrogens is 554 g/mol. The summed E-state index contributed by atoms with van der Waals surface area (Å²) in [5.74, 6) is -4.68. The standard InChI is InChI=1S/C19H24N6O.2C2HF3O2/c1-20-17(26)19-6-3-10-25(18-22-8-4-9-23-18)16(19)13-24(14-19)12-15-5-2-7-21-11-15;2*3-2(4,5)1(6)7/h2,4-5,7-9,11,16H,3,6,10,12-14H2,1H3,(H,20,26);2*(H,6,7)/t16-,19-;;/m1../s1. The van der Waals surface area contributed by atoms with Gasteiger partial charge in [-0.2, -0.15) is 26.3 Å². The van der Waals surface area contributed by atoms with Crippen molar-refractivity contribution in [1.29, 1.82) is 0 Å². The lowest BCUT2D eigenvalue weighted by Crippen LogP contribution is -2.58. The minimum atomic E-state index is -5.08. The zero-order valence-electron chi connectivity index (χ0n) is 21.0. The van der Waals surface area contributed by atoms with Gasteiger partial charge < -0.3 is 20.4 Å². The number of alkyl halides is 6. The van der Waals surface area contributed by atoms with Crippen molar-refractivity contribution in [1.82, 2.24) is 25.2 Å². The van der Waals surface area contributed by atoms with Crippen molar-refractivity contribution in [3.8, 4) is 0 Å². The number of carbonyl (C=O) groups is 3. The van der Waals surface area contributed by atoms with E-state index in [1.54, 1.807) is 25.6 Å². The van der Waals surface area contributed by atoms with Crippen LogP contribution in [-0.4, -0.2) is 93.0 Å². The van der Waals surface area contributed by atoms with E-state index in [0.29, 0.717) is 5.95 Å². The maximum atomic E-state index is 12.9. The number of rotatable bonds is 4. The summed E-state index contributed by atoms with van der Waals surface area (Å²) < 4.78 is 63.5. The molecular formula is C23H26F6N6O5. The molecule has 2 aliphatic heterocycles. The molecule has 1 amide bonds. The number of carboxylic acids is 2. The number of fused-ring (bicyclic) bond motifs is 1. The van der Waals surface area contributed by atoms with Crippen LogP contribution in [0.2, 0.25) is 0 Å². The SMILES string of the molecule is CNC(=O)[C@@]12CCCN(c3ncccn3)[C@@H]1CN(Cc1cccnc1)C2.O=C(O)C(F)(F)F.O=C(O)C(F)(F)F. The van der Waals surface area contributed by atoms with Gasteiger partial charge in [-0.15, -0.1) is 0 Å². The van der Waals surface area contributed by atoms with Crippen molar-refractivity contribution < 1.29 is 50.9 Å². The van der Waals surface area contributed by atoms with Crippen LogP contribution in [0.1, 0.15) is 18.4 Å². The summed E-state index contributed by atoms with van der Waals surface area (Å²) in [5, 5.41) is 17.2. The third kappa shape index (κ3) is 8.49. The van der Waals surface area contributed by atoms with Gasteiger partial charge in [-0.25, -0.2) is 19.6 Å². The predicted octanol–water partition coefficient (Wildman–Crippen LogP) is 2.36. The van der Waals surface area contributed by atoms with Crippen molar-refractivity contribution in [2.45, 2.75) is 37.8 Å². The topological polar surface area (TPSA) is 149 Å². The lowest BCUT2D eigenvalue weighted by molar-refractivity contribution is -0.193. The first-order valence-electron chi connectivity index (χ1n) is 11.6. The van der Waals surface area contributed by atoms with Gasteiger partial charge in [0.15, 0.2) is 0 Å². The number of likely N-dealkylation sites (tertiary alicyclic amines) is 1. The molecule has 0 aliphatic carbocycles. The van der Waals surface area contributed by atoms with E-state index in [-0.39, 0.29) is 11.9 Å². The van der Waals surface area contributed by atoms with Crippen LogP contribution < -0.4 is 10.2 Å². The Morgan fingerprint density at radius 3 is 2.08 bits per heavy atom. The lowest BCUT2D eigenvalue weighted by atomic mass is 9.74. The second kappa shape index (κ2) is 13.4. The average molecular weight is 580 g/mol.